The number of aliphatic hydroxyl groups is 2. The zero-order valence-corrected chi connectivity index (χ0v) is 11.9. The average molecular weight is 302 g/mol. The van der Waals surface area contributed by atoms with E-state index in [0.717, 1.165) is 0 Å². The molecule has 9 heteroatoms. The fraction of sp³-hybridized carbons (Fsp3) is 0.833. The number of aliphatic hydroxyl groups excluding tert-OH is 2. The summed E-state index contributed by atoms with van der Waals surface area (Å²) < 4.78 is 20.9. The Morgan fingerprint density at radius 2 is 2.14 bits per heavy atom. The van der Waals surface area contributed by atoms with E-state index in [0.29, 0.717) is 0 Å². The fourth-order valence-corrected chi connectivity index (χ4v) is 2.36. The highest BCUT2D eigenvalue weighted by Gasteiger charge is 2.58. The second-order valence-corrected chi connectivity index (χ2v) is 5.21. The van der Waals surface area contributed by atoms with Gasteiger partial charge in [-0.2, -0.15) is 4.79 Å². The molecular weight excluding hydrogens is 284 g/mol. The minimum Gasteiger partial charge on any atom is -0.457 e. The molecule has 0 aromatic carbocycles. The average Bonchev–Trinajstić information content (AvgIpc) is 2.84. The van der Waals surface area contributed by atoms with Crippen molar-refractivity contribution in [3.63, 3.8) is 0 Å². The molecule has 2 aliphatic heterocycles. The van der Waals surface area contributed by atoms with Gasteiger partial charge < -0.3 is 34.7 Å². The van der Waals surface area contributed by atoms with E-state index in [2.05, 4.69) is 9.53 Å². The van der Waals surface area contributed by atoms with Gasteiger partial charge in [0.1, 0.15) is 18.3 Å². The molecule has 5 atom stereocenters. The molecule has 2 rings (SSSR count). The van der Waals surface area contributed by atoms with Crippen LogP contribution in [0.5, 0.6) is 0 Å². The summed E-state index contributed by atoms with van der Waals surface area (Å²) >= 11 is 0. The SMILES string of the molecule is CCOC(=O)C(=[N+]=[N-])C(O)[C@H]1O[C@@H]2OC(C)(C)O[C@@H]2[C@H]1O. The lowest BCUT2D eigenvalue weighted by molar-refractivity contribution is -0.223. The lowest BCUT2D eigenvalue weighted by Crippen LogP contribution is -2.47. The normalized spacial score (nSPS) is 34.9. The molecule has 2 saturated heterocycles. The Morgan fingerprint density at radius 1 is 1.48 bits per heavy atom. The molecule has 0 spiro atoms. The highest BCUT2D eigenvalue weighted by molar-refractivity contribution is 6.35. The van der Waals surface area contributed by atoms with Crippen molar-refractivity contribution in [3.05, 3.63) is 5.53 Å². The number of carbonyl (C=O) groups excluding carboxylic acids is 1. The van der Waals surface area contributed by atoms with Crippen LogP contribution in [0.4, 0.5) is 0 Å². The molecule has 2 heterocycles. The van der Waals surface area contributed by atoms with E-state index in [1.54, 1.807) is 20.8 Å². The van der Waals surface area contributed by atoms with Gasteiger partial charge in [0.15, 0.2) is 18.2 Å². The molecule has 0 aromatic heterocycles. The Hall–Kier alpha value is -1.35. The molecule has 0 bridgehead atoms. The van der Waals surface area contributed by atoms with Crippen LogP contribution in [0.15, 0.2) is 0 Å². The van der Waals surface area contributed by atoms with Crippen molar-refractivity contribution < 1.29 is 38.7 Å². The first-order valence-corrected chi connectivity index (χ1v) is 6.57. The van der Waals surface area contributed by atoms with E-state index in [1.165, 1.54) is 0 Å². The first-order valence-electron chi connectivity index (χ1n) is 6.57. The molecule has 0 amide bonds. The molecule has 0 saturated carbocycles. The minimum absolute atomic E-state index is 0.0459. The Morgan fingerprint density at radius 3 is 2.67 bits per heavy atom. The lowest BCUT2D eigenvalue weighted by atomic mass is 10.0. The van der Waals surface area contributed by atoms with Gasteiger partial charge in [0.05, 0.1) is 6.61 Å². The third kappa shape index (κ3) is 2.98. The van der Waals surface area contributed by atoms with Crippen LogP contribution >= 0.6 is 0 Å². The van der Waals surface area contributed by atoms with Crippen LogP contribution < -0.4 is 0 Å². The second kappa shape index (κ2) is 5.80. The van der Waals surface area contributed by atoms with Crippen LogP contribution in [0.25, 0.3) is 5.53 Å². The summed E-state index contributed by atoms with van der Waals surface area (Å²) in [5.41, 5.74) is 8.20. The van der Waals surface area contributed by atoms with Gasteiger partial charge in [-0.3, -0.25) is 0 Å². The maximum atomic E-state index is 11.6. The van der Waals surface area contributed by atoms with Crippen molar-refractivity contribution in [2.45, 2.75) is 57.3 Å². The molecule has 0 aliphatic carbocycles. The summed E-state index contributed by atoms with van der Waals surface area (Å²) in [7, 11) is 0. The van der Waals surface area contributed by atoms with Crippen LogP contribution in [-0.2, 0) is 23.7 Å². The van der Waals surface area contributed by atoms with E-state index in [1.807, 2.05) is 0 Å². The van der Waals surface area contributed by atoms with E-state index in [4.69, 9.17) is 19.7 Å². The zero-order chi connectivity index (χ0) is 15.8. The molecule has 2 N–H and O–H groups in total. The van der Waals surface area contributed by atoms with E-state index in [9.17, 15) is 15.0 Å². The maximum Gasteiger partial charge on any atom is 0.419 e. The maximum absolute atomic E-state index is 11.6. The number of nitrogens with zero attached hydrogens (tertiary/aromatic N) is 2. The van der Waals surface area contributed by atoms with Gasteiger partial charge in [-0.1, -0.05) is 0 Å². The largest absolute Gasteiger partial charge is 0.457 e. The number of ether oxygens (including phenoxy) is 4. The molecule has 9 nitrogen and oxygen atoms in total. The number of esters is 1. The highest BCUT2D eigenvalue weighted by atomic mass is 16.8. The fourth-order valence-electron chi connectivity index (χ4n) is 2.36. The smallest absolute Gasteiger partial charge is 0.419 e. The zero-order valence-electron chi connectivity index (χ0n) is 11.9. The standard InChI is InChI=1S/C12H18N2O7/c1-4-18-10(17)5(14-13)6(15)8-7(16)9-11(19-8)21-12(2,3)20-9/h6-9,11,15-16H,4H2,1-3H3/t6?,7-,8+,9+,11+/m0/s1. The van der Waals surface area contributed by atoms with Crippen LogP contribution in [0.3, 0.4) is 0 Å². The Bertz CT molecular complexity index is 474. The van der Waals surface area contributed by atoms with Crippen molar-refractivity contribution in [2.24, 2.45) is 0 Å². The van der Waals surface area contributed by atoms with Gasteiger partial charge in [-0.05, 0) is 20.8 Å². The molecule has 21 heavy (non-hydrogen) atoms. The number of carbonyl (C=O) groups is 1. The Kier molecular flexibility index (Phi) is 4.43. The first-order chi connectivity index (χ1) is 9.80. The van der Waals surface area contributed by atoms with Crippen LogP contribution in [0.2, 0.25) is 0 Å². The van der Waals surface area contributed by atoms with E-state index < -0.39 is 48.2 Å². The lowest BCUT2D eigenvalue weighted by Gasteiger charge is -2.23. The van der Waals surface area contributed by atoms with Crippen LogP contribution in [0, 0.1) is 0 Å². The topological polar surface area (TPSA) is 131 Å². The summed E-state index contributed by atoms with van der Waals surface area (Å²) in [6.45, 7) is 4.93. The predicted octanol–water partition coefficient (Wildman–Crippen LogP) is -1.18. The molecule has 2 fully saturated rings. The highest BCUT2D eigenvalue weighted by Crippen LogP contribution is 2.38. The van der Waals surface area contributed by atoms with Crippen molar-refractivity contribution in [3.8, 4) is 0 Å². The van der Waals surface area contributed by atoms with Gasteiger partial charge in [0, 0.05) is 0 Å². The van der Waals surface area contributed by atoms with E-state index in [-0.39, 0.29) is 6.61 Å². The number of hydrogen-bond donors (Lipinski definition) is 2. The molecule has 118 valence electrons. The van der Waals surface area contributed by atoms with Gasteiger partial charge in [-0.25, -0.2) is 4.79 Å². The minimum atomic E-state index is -1.68. The molecular formula is C12H18N2O7. The van der Waals surface area contributed by atoms with E-state index >= 15 is 0 Å². The quantitative estimate of drug-likeness (QED) is 0.289. The summed E-state index contributed by atoms with van der Waals surface area (Å²) in [6.07, 6.45) is -5.84. The summed E-state index contributed by atoms with van der Waals surface area (Å²) in [6, 6.07) is 0. The van der Waals surface area contributed by atoms with Gasteiger partial charge in [-0.15, -0.1) is 0 Å². The summed E-state index contributed by atoms with van der Waals surface area (Å²) in [4.78, 5) is 14.3. The van der Waals surface area contributed by atoms with Crippen LogP contribution in [-0.4, -0.2) is 69.8 Å². The first kappa shape index (κ1) is 16.0. The Balaban J connectivity index is 2.10. The molecule has 2 aliphatic rings. The summed E-state index contributed by atoms with van der Waals surface area (Å²) in [5.74, 6) is -1.91. The third-order valence-electron chi connectivity index (χ3n) is 3.24. The Labute approximate surface area is 121 Å². The van der Waals surface area contributed by atoms with Gasteiger partial charge in [0.2, 0.25) is 0 Å². The van der Waals surface area contributed by atoms with Crippen molar-refractivity contribution in [1.82, 2.24) is 0 Å². The number of hydrogen-bond acceptors (Lipinski definition) is 7. The van der Waals surface area contributed by atoms with Crippen molar-refractivity contribution >= 4 is 11.7 Å². The monoisotopic (exact) mass is 302 g/mol. The van der Waals surface area contributed by atoms with Crippen LogP contribution in [0.1, 0.15) is 20.8 Å². The second-order valence-electron chi connectivity index (χ2n) is 5.21. The van der Waals surface area contributed by atoms with Crippen molar-refractivity contribution in [1.29, 1.82) is 0 Å². The molecule has 0 aromatic rings. The summed E-state index contributed by atoms with van der Waals surface area (Å²) in [5, 5.41) is 20.2. The molecule has 0 radical (unpaired) electrons. The third-order valence-corrected chi connectivity index (χ3v) is 3.24. The van der Waals surface area contributed by atoms with Gasteiger partial charge in [0.25, 0.3) is 0 Å². The van der Waals surface area contributed by atoms with Crippen molar-refractivity contribution in [2.75, 3.05) is 6.61 Å². The number of fused-ring (bicyclic) bond motifs is 1. The predicted molar refractivity (Wildman–Crippen MR) is 66.0 cm³/mol. The van der Waals surface area contributed by atoms with Gasteiger partial charge >= 0.3 is 11.7 Å². The molecule has 1 unspecified atom stereocenters. The number of rotatable bonds is 4.